The van der Waals surface area contributed by atoms with Gasteiger partial charge in [-0.25, -0.2) is 0 Å². The number of aryl methyl sites for hydroxylation is 2. The van der Waals surface area contributed by atoms with Crippen LogP contribution in [0.4, 0.5) is 0 Å². The molecule has 2 atom stereocenters. The molecule has 0 spiro atoms. The van der Waals surface area contributed by atoms with Gasteiger partial charge in [0.15, 0.2) is 5.82 Å². The lowest BCUT2D eigenvalue weighted by atomic mass is 10.0. The monoisotopic (exact) mass is 320 g/mol. The molecule has 0 saturated carbocycles. The minimum absolute atomic E-state index is 0.298. The zero-order chi connectivity index (χ0) is 16.2. The molecule has 0 aromatic carbocycles. The molecule has 3 rings (SSSR count). The number of hydrogen-bond donors (Lipinski definition) is 0. The summed E-state index contributed by atoms with van der Waals surface area (Å²) in [5, 5.41) is 3.79. The molecule has 0 aliphatic carbocycles. The Morgan fingerprint density at radius 2 is 2.04 bits per heavy atom. The topological polar surface area (TPSA) is 62.5 Å². The number of hydrogen-bond acceptors (Lipinski definition) is 5. The molecule has 23 heavy (non-hydrogen) atoms. The molecule has 128 valence electrons. The Balaban J connectivity index is 1.51. The van der Waals surface area contributed by atoms with Gasteiger partial charge in [-0.15, -0.1) is 0 Å². The molecule has 1 aromatic rings. The average molecular weight is 320 g/mol. The summed E-state index contributed by atoms with van der Waals surface area (Å²) in [4.78, 5) is 21.5. The number of likely N-dealkylation sites (tertiary alicyclic amines) is 2. The van der Waals surface area contributed by atoms with E-state index in [4.69, 9.17) is 4.52 Å². The fourth-order valence-electron chi connectivity index (χ4n) is 4.16. The molecule has 0 bridgehead atoms. The maximum absolute atomic E-state index is 12.6. The van der Waals surface area contributed by atoms with Crippen LogP contribution < -0.4 is 0 Å². The quantitative estimate of drug-likeness (QED) is 0.804. The van der Waals surface area contributed by atoms with Gasteiger partial charge in [0, 0.05) is 31.5 Å². The van der Waals surface area contributed by atoms with Gasteiger partial charge < -0.3 is 9.42 Å². The lowest BCUT2D eigenvalue weighted by Gasteiger charge is -2.34. The van der Waals surface area contributed by atoms with Crippen molar-refractivity contribution in [3.8, 4) is 0 Å². The molecular formula is C17H28N4O2. The number of rotatable bonds is 6. The summed E-state index contributed by atoms with van der Waals surface area (Å²) in [6.45, 7) is 7.26. The van der Waals surface area contributed by atoms with Crippen LogP contribution in [0.25, 0.3) is 0 Å². The number of carbonyl (C=O) groups excluding carboxylic acids is 1. The molecule has 2 unspecified atom stereocenters. The van der Waals surface area contributed by atoms with E-state index in [1.54, 1.807) is 0 Å². The van der Waals surface area contributed by atoms with Gasteiger partial charge in [0.1, 0.15) is 0 Å². The molecular weight excluding hydrogens is 292 g/mol. The van der Waals surface area contributed by atoms with Gasteiger partial charge in [-0.05, 0) is 52.1 Å². The maximum atomic E-state index is 12.6. The van der Waals surface area contributed by atoms with Crippen LogP contribution in [-0.4, -0.2) is 57.6 Å². The minimum Gasteiger partial charge on any atom is -0.339 e. The van der Waals surface area contributed by atoms with Gasteiger partial charge in [0.05, 0.1) is 0 Å². The van der Waals surface area contributed by atoms with Crippen molar-refractivity contribution in [2.45, 2.75) is 70.9 Å². The fraction of sp³-hybridized carbons (Fsp3) is 0.824. The van der Waals surface area contributed by atoms with Crippen molar-refractivity contribution in [2.75, 3.05) is 19.6 Å². The van der Waals surface area contributed by atoms with Gasteiger partial charge >= 0.3 is 0 Å². The Kier molecular flexibility index (Phi) is 5.30. The molecule has 2 fully saturated rings. The second kappa shape index (κ2) is 7.43. The van der Waals surface area contributed by atoms with Crippen molar-refractivity contribution in [1.82, 2.24) is 19.9 Å². The number of aromatic nitrogens is 2. The molecule has 0 radical (unpaired) electrons. The van der Waals surface area contributed by atoms with Crippen LogP contribution in [-0.2, 0) is 11.2 Å². The second-order valence-electron chi connectivity index (χ2n) is 6.72. The van der Waals surface area contributed by atoms with Crippen molar-refractivity contribution in [1.29, 1.82) is 0 Å². The van der Waals surface area contributed by atoms with Crippen LogP contribution >= 0.6 is 0 Å². The summed E-state index contributed by atoms with van der Waals surface area (Å²) in [5.41, 5.74) is 0. The van der Waals surface area contributed by atoms with Crippen LogP contribution in [0.2, 0.25) is 0 Å². The first-order chi connectivity index (χ1) is 11.2. The van der Waals surface area contributed by atoms with E-state index in [1.165, 1.54) is 19.4 Å². The molecule has 6 heteroatoms. The van der Waals surface area contributed by atoms with Crippen molar-refractivity contribution in [2.24, 2.45) is 0 Å². The van der Waals surface area contributed by atoms with Crippen LogP contribution in [0, 0.1) is 6.92 Å². The van der Waals surface area contributed by atoms with Gasteiger partial charge in [0.2, 0.25) is 11.8 Å². The highest BCUT2D eigenvalue weighted by atomic mass is 16.5. The van der Waals surface area contributed by atoms with Gasteiger partial charge in [-0.2, -0.15) is 4.98 Å². The van der Waals surface area contributed by atoms with Crippen molar-refractivity contribution in [3.05, 3.63) is 11.7 Å². The first kappa shape index (κ1) is 16.4. The van der Waals surface area contributed by atoms with E-state index in [0.717, 1.165) is 32.4 Å². The average Bonchev–Trinajstić information content (AvgIpc) is 3.26. The van der Waals surface area contributed by atoms with Crippen molar-refractivity contribution < 1.29 is 9.32 Å². The molecule has 1 amide bonds. The number of likely N-dealkylation sites (N-methyl/N-ethyl adjacent to an activating group) is 1. The van der Waals surface area contributed by atoms with E-state index >= 15 is 0 Å². The predicted molar refractivity (Wildman–Crippen MR) is 87.0 cm³/mol. The highest BCUT2D eigenvalue weighted by molar-refractivity contribution is 5.76. The third-order valence-corrected chi connectivity index (χ3v) is 5.24. The maximum Gasteiger partial charge on any atom is 0.226 e. The molecule has 3 heterocycles. The first-order valence-electron chi connectivity index (χ1n) is 9.01. The molecule has 6 nitrogen and oxygen atoms in total. The number of carbonyl (C=O) groups is 1. The molecule has 2 aliphatic heterocycles. The smallest absolute Gasteiger partial charge is 0.226 e. The minimum atomic E-state index is 0.298. The van der Waals surface area contributed by atoms with Gasteiger partial charge in [-0.3, -0.25) is 9.69 Å². The number of nitrogens with zero attached hydrogens (tertiary/aromatic N) is 4. The Hall–Kier alpha value is -1.43. The largest absolute Gasteiger partial charge is 0.339 e. The van der Waals surface area contributed by atoms with Crippen LogP contribution in [0.1, 0.15) is 57.2 Å². The van der Waals surface area contributed by atoms with Crippen molar-refractivity contribution >= 4 is 5.91 Å². The van der Waals surface area contributed by atoms with Gasteiger partial charge in [-0.1, -0.05) is 12.1 Å². The lowest BCUT2D eigenvalue weighted by Crippen LogP contribution is -2.48. The van der Waals surface area contributed by atoms with Crippen LogP contribution in [0.3, 0.4) is 0 Å². The van der Waals surface area contributed by atoms with Crippen LogP contribution in [0.5, 0.6) is 0 Å². The van der Waals surface area contributed by atoms with E-state index in [2.05, 4.69) is 26.9 Å². The SMILES string of the molecule is CCN1CCCC1C1CCCN1C(=O)CCCc1nc(C)no1. The molecule has 2 saturated heterocycles. The zero-order valence-electron chi connectivity index (χ0n) is 14.3. The van der Waals surface area contributed by atoms with E-state index in [9.17, 15) is 4.79 Å². The van der Waals surface area contributed by atoms with E-state index in [0.29, 0.717) is 42.5 Å². The molecule has 2 aliphatic rings. The highest BCUT2D eigenvalue weighted by Crippen LogP contribution is 2.30. The van der Waals surface area contributed by atoms with Crippen LogP contribution in [0.15, 0.2) is 4.52 Å². The summed E-state index contributed by atoms with van der Waals surface area (Å²) in [6.07, 6.45) is 6.87. The molecule has 0 N–H and O–H groups in total. The summed E-state index contributed by atoms with van der Waals surface area (Å²) in [5.74, 6) is 1.60. The second-order valence-corrected chi connectivity index (χ2v) is 6.72. The van der Waals surface area contributed by atoms with Crippen molar-refractivity contribution in [3.63, 3.8) is 0 Å². The predicted octanol–water partition coefficient (Wildman–Crippen LogP) is 2.18. The molecule has 1 aromatic heterocycles. The summed E-state index contributed by atoms with van der Waals surface area (Å²) in [7, 11) is 0. The lowest BCUT2D eigenvalue weighted by molar-refractivity contribution is -0.133. The fourth-order valence-corrected chi connectivity index (χ4v) is 4.16. The standard InChI is InChI=1S/C17H28N4O2/c1-3-20-11-5-7-14(20)15-8-6-12-21(15)17(22)10-4-9-16-18-13(2)19-23-16/h14-15H,3-12H2,1-2H3. The Morgan fingerprint density at radius 3 is 2.78 bits per heavy atom. The van der Waals surface area contributed by atoms with Gasteiger partial charge in [0.25, 0.3) is 0 Å². The van der Waals surface area contributed by atoms with E-state index in [1.807, 2.05) is 6.92 Å². The summed E-state index contributed by atoms with van der Waals surface area (Å²) < 4.78 is 5.11. The zero-order valence-corrected chi connectivity index (χ0v) is 14.3. The third-order valence-electron chi connectivity index (χ3n) is 5.24. The third kappa shape index (κ3) is 3.74. The summed E-state index contributed by atoms with van der Waals surface area (Å²) in [6, 6.07) is 1.00. The normalized spacial score (nSPS) is 25.4. The Morgan fingerprint density at radius 1 is 1.26 bits per heavy atom. The Labute approximate surface area is 138 Å². The highest BCUT2D eigenvalue weighted by Gasteiger charge is 2.38. The first-order valence-corrected chi connectivity index (χ1v) is 9.01. The number of amides is 1. The summed E-state index contributed by atoms with van der Waals surface area (Å²) >= 11 is 0. The van der Waals surface area contributed by atoms with E-state index < -0.39 is 0 Å². The van der Waals surface area contributed by atoms with E-state index in [-0.39, 0.29) is 0 Å². The Bertz CT molecular complexity index is 530.